The highest BCUT2D eigenvalue weighted by atomic mass is 19.4. The van der Waals surface area contributed by atoms with Crippen LogP contribution in [0.4, 0.5) is 24.9 Å². The van der Waals surface area contributed by atoms with Gasteiger partial charge in [-0.05, 0) is 13.8 Å². The maximum atomic E-state index is 12.7. The van der Waals surface area contributed by atoms with Gasteiger partial charge in [-0.15, -0.1) is 0 Å². The highest BCUT2D eigenvalue weighted by molar-refractivity contribution is 5.80. The zero-order chi connectivity index (χ0) is 15.6. The van der Waals surface area contributed by atoms with Gasteiger partial charge < -0.3 is 16.4 Å². The Hall–Kier alpha value is -2.06. The number of alkyl halides is 3. The Bertz CT molecular complexity index is 501. The molecule has 6 nitrogen and oxygen atoms in total. The van der Waals surface area contributed by atoms with E-state index < -0.39 is 23.2 Å². The van der Waals surface area contributed by atoms with Crippen LogP contribution in [-0.4, -0.2) is 29.5 Å². The predicted octanol–water partition coefficient (Wildman–Crippen LogP) is 1.46. The molecule has 0 aromatic carbocycles. The van der Waals surface area contributed by atoms with Gasteiger partial charge in [0.1, 0.15) is 5.82 Å². The van der Waals surface area contributed by atoms with Crippen molar-refractivity contribution in [2.45, 2.75) is 20.0 Å². The number of primary amides is 1. The second-order valence-electron chi connectivity index (χ2n) is 4.81. The second-order valence-corrected chi connectivity index (χ2v) is 4.81. The Balaban J connectivity index is 2.98. The van der Waals surface area contributed by atoms with E-state index in [9.17, 15) is 18.0 Å². The molecule has 20 heavy (non-hydrogen) atoms. The molecule has 112 valence electrons. The molecule has 0 atom stereocenters. The number of amides is 1. The summed E-state index contributed by atoms with van der Waals surface area (Å²) in [6.45, 7) is 3.21. The molecule has 0 aliphatic carbocycles. The van der Waals surface area contributed by atoms with Crippen LogP contribution < -0.4 is 16.4 Å². The number of aromatic nitrogens is 2. The molecule has 0 spiro atoms. The lowest BCUT2D eigenvalue weighted by Crippen LogP contribution is -2.37. The van der Waals surface area contributed by atoms with Crippen LogP contribution in [0, 0.1) is 5.41 Å². The van der Waals surface area contributed by atoms with Gasteiger partial charge in [-0.3, -0.25) is 4.79 Å². The molecule has 0 fully saturated rings. The van der Waals surface area contributed by atoms with E-state index in [1.165, 1.54) is 7.05 Å². The van der Waals surface area contributed by atoms with Gasteiger partial charge in [0.2, 0.25) is 11.9 Å². The summed E-state index contributed by atoms with van der Waals surface area (Å²) in [5.41, 5.74) is 3.20. The number of rotatable bonds is 5. The molecular formula is C11H16F3N5O. The van der Waals surface area contributed by atoms with Crippen molar-refractivity contribution in [2.75, 3.05) is 24.2 Å². The van der Waals surface area contributed by atoms with Gasteiger partial charge in [0, 0.05) is 19.7 Å². The predicted molar refractivity (Wildman–Crippen MR) is 68.0 cm³/mol. The van der Waals surface area contributed by atoms with Crippen LogP contribution in [-0.2, 0) is 11.0 Å². The largest absolute Gasteiger partial charge is 0.433 e. The molecule has 1 heterocycles. The molecule has 0 saturated carbocycles. The molecule has 0 bridgehead atoms. The number of carbonyl (C=O) groups excluding carboxylic acids is 1. The molecule has 0 aliphatic rings. The first-order valence-electron chi connectivity index (χ1n) is 5.74. The molecule has 0 saturated heterocycles. The van der Waals surface area contributed by atoms with Crippen LogP contribution in [0.25, 0.3) is 0 Å². The van der Waals surface area contributed by atoms with Crippen molar-refractivity contribution in [1.82, 2.24) is 9.97 Å². The van der Waals surface area contributed by atoms with Crippen molar-refractivity contribution in [1.29, 1.82) is 0 Å². The first-order valence-corrected chi connectivity index (χ1v) is 5.74. The molecule has 0 aliphatic heterocycles. The lowest BCUT2D eigenvalue weighted by Gasteiger charge is -2.21. The number of nitrogens with zero attached hydrogens (tertiary/aromatic N) is 2. The number of carbonyl (C=O) groups is 1. The van der Waals surface area contributed by atoms with Crippen LogP contribution in [0.2, 0.25) is 0 Å². The molecule has 1 aromatic rings. The van der Waals surface area contributed by atoms with Crippen molar-refractivity contribution in [3.05, 3.63) is 11.8 Å². The molecule has 1 aromatic heterocycles. The second kappa shape index (κ2) is 5.51. The maximum Gasteiger partial charge on any atom is 0.433 e. The quantitative estimate of drug-likeness (QED) is 0.763. The Morgan fingerprint density at radius 3 is 2.40 bits per heavy atom. The zero-order valence-corrected chi connectivity index (χ0v) is 11.3. The standard InChI is InChI=1S/C11H16F3N5O/c1-10(2,8(15)20)5-17-7-4-6(11(12,13)14)18-9(16-3)19-7/h4H,5H2,1-3H3,(H2,15,20)(H2,16,17,18,19). The van der Waals surface area contributed by atoms with E-state index in [-0.39, 0.29) is 18.3 Å². The number of hydrogen-bond acceptors (Lipinski definition) is 5. The lowest BCUT2D eigenvalue weighted by atomic mass is 9.93. The van der Waals surface area contributed by atoms with Crippen LogP contribution in [0.3, 0.4) is 0 Å². The summed E-state index contributed by atoms with van der Waals surface area (Å²) in [6.07, 6.45) is -4.58. The fourth-order valence-corrected chi connectivity index (χ4v) is 1.19. The maximum absolute atomic E-state index is 12.7. The molecular weight excluding hydrogens is 275 g/mol. The Kier molecular flexibility index (Phi) is 4.41. The monoisotopic (exact) mass is 291 g/mol. The highest BCUT2D eigenvalue weighted by Crippen LogP contribution is 2.29. The molecule has 4 N–H and O–H groups in total. The van der Waals surface area contributed by atoms with Crippen molar-refractivity contribution in [3.8, 4) is 0 Å². The summed E-state index contributed by atoms with van der Waals surface area (Å²) >= 11 is 0. The zero-order valence-electron chi connectivity index (χ0n) is 11.3. The van der Waals surface area contributed by atoms with Crippen LogP contribution in [0.1, 0.15) is 19.5 Å². The fourth-order valence-electron chi connectivity index (χ4n) is 1.19. The summed E-state index contributed by atoms with van der Waals surface area (Å²) in [6, 6.07) is 0.776. The van der Waals surface area contributed by atoms with Gasteiger partial charge in [0.15, 0.2) is 5.69 Å². The minimum Gasteiger partial charge on any atom is -0.369 e. The number of halogens is 3. The minimum atomic E-state index is -4.58. The van der Waals surface area contributed by atoms with Crippen LogP contribution in [0.15, 0.2) is 6.07 Å². The number of anilines is 2. The Morgan fingerprint density at radius 1 is 1.35 bits per heavy atom. The topological polar surface area (TPSA) is 92.9 Å². The molecule has 9 heteroatoms. The Morgan fingerprint density at radius 2 is 1.95 bits per heavy atom. The normalized spacial score (nSPS) is 12.1. The number of hydrogen-bond donors (Lipinski definition) is 3. The summed E-state index contributed by atoms with van der Waals surface area (Å²) < 4.78 is 38.0. The first-order chi connectivity index (χ1) is 9.06. The Labute approximate surface area is 114 Å². The molecule has 0 radical (unpaired) electrons. The summed E-state index contributed by atoms with van der Waals surface area (Å²) in [5, 5.41) is 5.11. The summed E-state index contributed by atoms with van der Waals surface area (Å²) in [4.78, 5) is 18.3. The van der Waals surface area contributed by atoms with Crippen LogP contribution >= 0.6 is 0 Å². The number of nitrogens with two attached hydrogens (primary N) is 1. The average molecular weight is 291 g/mol. The summed E-state index contributed by atoms with van der Waals surface area (Å²) in [5.74, 6) is -0.769. The van der Waals surface area contributed by atoms with E-state index in [2.05, 4.69) is 20.6 Å². The third-order valence-corrected chi connectivity index (χ3v) is 2.62. The van der Waals surface area contributed by atoms with Gasteiger partial charge in [0.25, 0.3) is 0 Å². The lowest BCUT2D eigenvalue weighted by molar-refractivity contribution is -0.141. The van der Waals surface area contributed by atoms with E-state index in [1.807, 2.05) is 0 Å². The summed E-state index contributed by atoms with van der Waals surface area (Å²) in [7, 11) is 1.41. The van der Waals surface area contributed by atoms with Crippen molar-refractivity contribution < 1.29 is 18.0 Å². The molecule has 1 rings (SSSR count). The molecule has 0 unspecified atom stereocenters. The van der Waals surface area contributed by atoms with Gasteiger partial charge in [-0.25, -0.2) is 4.98 Å². The molecule has 1 amide bonds. The van der Waals surface area contributed by atoms with E-state index in [4.69, 9.17) is 5.73 Å². The van der Waals surface area contributed by atoms with Gasteiger partial charge in [-0.2, -0.15) is 18.2 Å². The third-order valence-electron chi connectivity index (χ3n) is 2.62. The van der Waals surface area contributed by atoms with Crippen molar-refractivity contribution in [3.63, 3.8) is 0 Å². The van der Waals surface area contributed by atoms with Gasteiger partial charge >= 0.3 is 6.18 Å². The minimum absolute atomic E-state index is 0.0361. The number of nitrogens with one attached hydrogen (secondary N) is 2. The highest BCUT2D eigenvalue weighted by Gasteiger charge is 2.34. The van der Waals surface area contributed by atoms with E-state index >= 15 is 0 Å². The fraction of sp³-hybridized carbons (Fsp3) is 0.545. The van der Waals surface area contributed by atoms with Crippen LogP contribution in [0.5, 0.6) is 0 Å². The van der Waals surface area contributed by atoms with E-state index in [1.54, 1.807) is 13.8 Å². The SMILES string of the molecule is CNc1nc(NCC(C)(C)C(N)=O)cc(C(F)(F)F)n1. The van der Waals surface area contributed by atoms with Crippen molar-refractivity contribution >= 4 is 17.7 Å². The average Bonchev–Trinajstić information content (AvgIpc) is 2.34. The third kappa shape index (κ3) is 3.97. The van der Waals surface area contributed by atoms with Crippen molar-refractivity contribution in [2.24, 2.45) is 11.1 Å². The van der Waals surface area contributed by atoms with E-state index in [0.717, 1.165) is 6.07 Å². The van der Waals surface area contributed by atoms with Gasteiger partial charge in [-0.1, -0.05) is 0 Å². The van der Waals surface area contributed by atoms with Gasteiger partial charge in [0.05, 0.1) is 5.41 Å². The first kappa shape index (κ1) is 16.0. The smallest absolute Gasteiger partial charge is 0.369 e. The van der Waals surface area contributed by atoms with E-state index in [0.29, 0.717) is 0 Å².